The second kappa shape index (κ2) is 27.7. The minimum Gasteiger partial charge on any atom is -0.299 e. The number of sulfonamides is 3. The lowest BCUT2D eigenvalue weighted by atomic mass is 9.66. The number of fused-ring (bicyclic) bond motifs is 6. The molecule has 15 rings (SSSR count). The van der Waals surface area contributed by atoms with E-state index in [1.165, 1.54) is 103 Å². The zero-order valence-corrected chi connectivity index (χ0v) is 59.4. The first-order valence-corrected chi connectivity index (χ1v) is 37.9. The number of ketones is 3. The molecule has 3 fully saturated rings. The molecule has 33 heteroatoms. The Kier molecular flexibility index (Phi) is 19.2. The summed E-state index contributed by atoms with van der Waals surface area (Å²) >= 11 is 0. The summed E-state index contributed by atoms with van der Waals surface area (Å²) in [6.45, 7) is 12.8. The lowest BCUT2D eigenvalue weighted by Gasteiger charge is -2.44. The van der Waals surface area contributed by atoms with E-state index in [1.807, 2.05) is 39.0 Å². The van der Waals surface area contributed by atoms with Crippen molar-refractivity contribution >= 4 is 65.6 Å². The highest BCUT2D eigenvalue weighted by molar-refractivity contribution is 7.89. The SMILES string of the molecule is CCCn1cc(S(=O)(=O)N2CCC3=Cc4c(cnn4-c4ccc(F)cc4)C[C@]3(C(C)=O)C2)nn1.CCCn1ncc(S(=O)(=O)N2CCC3=Cc4c(cnn4-c4ccc(F)cc4)C[C@]3(C(C)=O)C2)n1.CCCn1nncc1S(=O)(=O)N1CCC2=Cc3c(cnn3-c3ccc(F)cc3)C[C@]2(C(C)=O)C1. The number of hydrogen-bond donors (Lipinski definition) is 0. The van der Waals surface area contributed by atoms with E-state index in [-0.39, 0.29) is 89.1 Å². The van der Waals surface area contributed by atoms with Gasteiger partial charge in [-0.3, -0.25) is 19.1 Å². The number of benzene rings is 3. The summed E-state index contributed by atoms with van der Waals surface area (Å²) in [6.07, 6.45) is 19.5. The number of rotatable bonds is 18. The van der Waals surface area contributed by atoms with Gasteiger partial charge in [-0.2, -0.15) is 38.1 Å². The summed E-state index contributed by atoms with van der Waals surface area (Å²) in [5.74, 6) is -1.26. The van der Waals surface area contributed by atoms with Crippen molar-refractivity contribution in [2.24, 2.45) is 16.2 Å². The molecular formula is C69H75F3N18O9S3. The van der Waals surface area contributed by atoms with Gasteiger partial charge in [0.2, 0.25) is 10.1 Å². The minimum absolute atomic E-state index is 0.0400. The molecule has 3 aromatic carbocycles. The first-order valence-electron chi connectivity index (χ1n) is 33.6. The van der Waals surface area contributed by atoms with Gasteiger partial charge in [0.05, 0.1) is 94.1 Å². The fourth-order valence-corrected chi connectivity index (χ4v) is 18.9. The predicted octanol–water partition coefficient (Wildman–Crippen LogP) is 7.87. The zero-order valence-electron chi connectivity index (χ0n) is 56.9. The van der Waals surface area contributed by atoms with Gasteiger partial charge in [-0.15, -0.1) is 15.3 Å². The summed E-state index contributed by atoms with van der Waals surface area (Å²) in [4.78, 5) is 40.4. The summed E-state index contributed by atoms with van der Waals surface area (Å²) in [7, 11) is -11.7. The predicted molar refractivity (Wildman–Crippen MR) is 366 cm³/mol. The smallest absolute Gasteiger partial charge is 0.264 e. The lowest BCUT2D eigenvalue weighted by Crippen LogP contribution is -2.52. The maximum atomic E-state index is 13.5. The van der Waals surface area contributed by atoms with Crippen LogP contribution in [0, 0.1) is 33.7 Å². The normalized spacial score (nSPS) is 20.5. The number of carbonyl (C=O) groups excluding carboxylic acids is 3. The highest BCUT2D eigenvalue weighted by atomic mass is 32.2. The number of halogens is 3. The van der Waals surface area contributed by atoms with E-state index in [2.05, 4.69) is 46.1 Å². The number of aromatic nitrogens is 15. The van der Waals surface area contributed by atoms with Gasteiger partial charge in [0.1, 0.15) is 34.8 Å². The molecule has 3 atom stereocenters. The summed E-state index contributed by atoms with van der Waals surface area (Å²) in [5, 5.41) is 36.9. The molecule has 9 heterocycles. The highest BCUT2D eigenvalue weighted by Crippen LogP contribution is 2.49. The van der Waals surface area contributed by atoms with Crippen LogP contribution in [0.4, 0.5) is 13.2 Å². The second-order valence-electron chi connectivity index (χ2n) is 26.4. The van der Waals surface area contributed by atoms with E-state index >= 15 is 0 Å². The molecule has 0 saturated carbocycles. The molecule has 0 amide bonds. The van der Waals surface area contributed by atoms with Crippen LogP contribution in [0.3, 0.4) is 0 Å². The minimum atomic E-state index is -3.90. The molecule has 3 saturated heterocycles. The van der Waals surface area contributed by atoms with Gasteiger partial charge in [-0.05, 0) is 186 Å². The third-order valence-electron chi connectivity index (χ3n) is 20.1. The van der Waals surface area contributed by atoms with Crippen LogP contribution in [0.5, 0.6) is 0 Å². The Labute approximate surface area is 587 Å². The molecule has 0 radical (unpaired) electrons. The molecule has 0 unspecified atom stereocenters. The number of carbonyl (C=O) groups is 3. The molecule has 27 nitrogen and oxygen atoms in total. The van der Waals surface area contributed by atoms with Crippen molar-refractivity contribution in [1.29, 1.82) is 0 Å². The number of aryl methyl sites for hydroxylation is 3. The van der Waals surface area contributed by atoms with Crippen molar-refractivity contribution in [1.82, 2.24) is 87.2 Å². The van der Waals surface area contributed by atoms with Crippen LogP contribution in [0.2, 0.25) is 0 Å². The van der Waals surface area contributed by atoms with Gasteiger partial charge in [0.15, 0.2) is 5.03 Å². The molecule has 3 aliphatic heterocycles. The topological polar surface area (TPSA) is 309 Å². The fourth-order valence-electron chi connectivity index (χ4n) is 14.6. The standard InChI is InChI=1S/3C23H25FN6O3S/c1-3-9-29-22(14-25-27-29)34(32,33)28-10-8-18-11-21-17(12-23(18,15-28)16(2)31)13-26-30(21)20-6-4-19(24)5-7-20;1-3-9-29-25-14-22(27-29)34(32,33)28-10-8-18-11-21-17(12-23(18,15-28)16(2)31)13-26-30(21)20-6-4-19(24)5-7-20;1-3-9-28-14-22(26-27-28)34(32,33)29-10-8-18-11-21-17(12-23(18,15-29)16(2)31)13-25-30(21)20-6-4-19(24)5-7-20/h3*4-7,11,13-14H,3,8-10,12,15H2,1-2H3/t3*23-/m111/s1. The zero-order chi connectivity index (χ0) is 72.3. The Morgan fingerprint density at radius 2 is 0.843 bits per heavy atom. The molecule has 102 heavy (non-hydrogen) atoms. The Hall–Kier alpha value is -9.54. The van der Waals surface area contributed by atoms with Crippen LogP contribution in [0.25, 0.3) is 35.3 Å². The van der Waals surface area contributed by atoms with E-state index < -0.39 is 46.3 Å². The van der Waals surface area contributed by atoms with Crippen LogP contribution in [0.15, 0.2) is 142 Å². The Bertz CT molecular complexity index is 4980. The maximum absolute atomic E-state index is 13.5. The number of nitrogens with zero attached hydrogens (tertiary/aromatic N) is 18. The molecule has 6 aromatic heterocycles. The van der Waals surface area contributed by atoms with Gasteiger partial charge in [-0.1, -0.05) is 47.9 Å². The van der Waals surface area contributed by atoms with E-state index in [9.17, 15) is 52.8 Å². The molecule has 0 N–H and O–H groups in total. The van der Waals surface area contributed by atoms with E-state index in [0.717, 1.165) is 69.8 Å². The van der Waals surface area contributed by atoms with E-state index in [4.69, 9.17) is 0 Å². The van der Waals surface area contributed by atoms with Gasteiger partial charge in [0.25, 0.3) is 30.1 Å². The first-order chi connectivity index (χ1) is 48.7. The maximum Gasteiger partial charge on any atom is 0.264 e. The fraction of sp³-hybridized carbons (Fsp3) is 0.391. The van der Waals surface area contributed by atoms with Crippen molar-refractivity contribution in [2.45, 2.75) is 134 Å². The Morgan fingerprint density at radius 3 is 1.23 bits per heavy atom. The average molecular weight is 1450 g/mol. The van der Waals surface area contributed by atoms with E-state index in [0.29, 0.717) is 75.2 Å². The molecular weight excluding hydrogens is 1380 g/mol. The molecule has 0 spiro atoms. The first kappa shape index (κ1) is 70.9. The second-order valence-corrected chi connectivity index (χ2v) is 32.1. The van der Waals surface area contributed by atoms with Crippen molar-refractivity contribution in [3.63, 3.8) is 0 Å². The van der Waals surface area contributed by atoms with E-state index in [1.54, 1.807) is 69.0 Å². The van der Waals surface area contributed by atoms with Crippen LogP contribution < -0.4 is 0 Å². The average Bonchev–Trinajstić information content (AvgIpc) is 1.31. The molecule has 3 aliphatic carbocycles. The summed E-state index contributed by atoms with van der Waals surface area (Å²) in [6, 6.07) is 18.1. The van der Waals surface area contributed by atoms with Gasteiger partial charge in [0, 0.05) is 52.4 Å². The summed E-state index contributed by atoms with van der Waals surface area (Å²) in [5.41, 5.74) is 6.95. The number of hydrogen-bond acceptors (Lipinski definition) is 18. The third kappa shape index (κ3) is 12.8. The van der Waals surface area contributed by atoms with Crippen LogP contribution >= 0.6 is 0 Å². The molecule has 534 valence electrons. The van der Waals surface area contributed by atoms with Crippen molar-refractivity contribution in [3.05, 3.63) is 178 Å². The van der Waals surface area contributed by atoms with Crippen molar-refractivity contribution in [2.75, 3.05) is 39.3 Å². The summed E-state index contributed by atoms with van der Waals surface area (Å²) < 4.78 is 133. The molecule has 0 bridgehead atoms. The third-order valence-corrected chi connectivity index (χ3v) is 25.4. The van der Waals surface area contributed by atoms with Gasteiger partial charge in [-0.25, -0.2) is 57.2 Å². The van der Waals surface area contributed by atoms with Crippen molar-refractivity contribution in [3.8, 4) is 17.1 Å². The monoisotopic (exact) mass is 1450 g/mol. The van der Waals surface area contributed by atoms with Crippen LogP contribution in [0.1, 0.15) is 114 Å². The lowest BCUT2D eigenvalue weighted by molar-refractivity contribution is -0.126. The van der Waals surface area contributed by atoms with Gasteiger partial charge < -0.3 is 0 Å². The van der Waals surface area contributed by atoms with Crippen LogP contribution in [-0.2, 0) is 83.4 Å². The Balaban J connectivity index is 0.000000137. The molecule has 9 aromatic rings. The number of piperidine rings is 3. The largest absolute Gasteiger partial charge is 0.299 e. The Morgan fingerprint density at radius 1 is 0.461 bits per heavy atom. The van der Waals surface area contributed by atoms with Crippen LogP contribution in [-0.4, -0.2) is 169 Å². The molecule has 6 aliphatic rings. The van der Waals surface area contributed by atoms with Gasteiger partial charge >= 0.3 is 0 Å². The quantitative estimate of drug-likeness (QED) is 0.0788. The highest BCUT2D eigenvalue weighted by Gasteiger charge is 2.53. The van der Waals surface area contributed by atoms with Crippen molar-refractivity contribution < 1.29 is 52.8 Å². The number of Topliss-reactive ketones (excluding diaryl/α,β-unsaturated/α-hetero) is 3.